The van der Waals surface area contributed by atoms with Crippen molar-refractivity contribution in [1.82, 2.24) is 9.97 Å². The van der Waals surface area contributed by atoms with Crippen LogP contribution in [0.3, 0.4) is 0 Å². The second-order valence-corrected chi connectivity index (χ2v) is 4.45. The number of hydrogen-bond donors (Lipinski definition) is 1. The first-order chi connectivity index (χ1) is 8.83. The molecule has 4 nitrogen and oxygen atoms in total. The van der Waals surface area contributed by atoms with E-state index < -0.39 is 0 Å². The van der Waals surface area contributed by atoms with E-state index in [4.69, 9.17) is 10.5 Å². The van der Waals surface area contributed by atoms with Gasteiger partial charge >= 0.3 is 0 Å². The van der Waals surface area contributed by atoms with Crippen LogP contribution in [-0.2, 0) is 6.42 Å². The molecule has 3 rings (SSSR count). The lowest BCUT2D eigenvalue weighted by atomic mass is 9.89. The fourth-order valence-electron chi connectivity index (χ4n) is 2.40. The lowest BCUT2D eigenvalue weighted by molar-refractivity contribution is 0.176. The first kappa shape index (κ1) is 11.0. The van der Waals surface area contributed by atoms with Crippen molar-refractivity contribution in [3.05, 3.63) is 47.7 Å². The van der Waals surface area contributed by atoms with Gasteiger partial charge in [0, 0.05) is 12.3 Å². The lowest BCUT2D eigenvalue weighted by Crippen LogP contribution is -2.15. The van der Waals surface area contributed by atoms with E-state index >= 15 is 0 Å². The molecule has 0 radical (unpaired) electrons. The van der Waals surface area contributed by atoms with Crippen LogP contribution in [0.5, 0.6) is 5.88 Å². The van der Waals surface area contributed by atoms with Gasteiger partial charge in [-0.2, -0.15) is 4.98 Å². The average Bonchev–Trinajstić information content (AvgIpc) is 2.39. The maximum Gasteiger partial charge on any atom is 0.223 e. The average molecular weight is 241 g/mol. The quantitative estimate of drug-likeness (QED) is 0.877. The van der Waals surface area contributed by atoms with Crippen LogP contribution in [0, 0.1) is 0 Å². The van der Waals surface area contributed by atoms with Gasteiger partial charge in [0.15, 0.2) is 0 Å². The first-order valence-corrected chi connectivity index (χ1v) is 6.16. The minimum Gasteiger partial charge on any atom is -0.469 e. The molecule has 0 bridgehead atoms. The topological polar surface area (TPSA) is 61.0 Å². The van der Waals surface area contributed by atoms with Gasteiger partial charge in [0.2, 0.25) is 11.8 Å². The Labute approximate surface area is 106 Å². The fraction of sp³-hybridized carbons (Fsp3) is 0.286. The number of aryl methyl sites for hydroxylation is 1. The summed E-state index contributed by atoms with van der Waals surface area (Å²) in [6.45, 7) is 0. The molecule has 2 N–H and O–H groups in total. The molecule has 1 aromatic carbocycles. The smallest absolute Gasteiger partial charge is 0.223 e. The zero-order valence-corrected chi connectivity index (χ0v) is 10.0. The Balaban J connectivity index is 1.86. The van der Waals surface area contributed by atoms with Crippen molar-refractivity contribution in [1.29, 1.82) is 0 Å². The number of nitrogens with two attached hydrogens (primary N) is 1. The highest BCUT2D eigenvalue weighted by Gasteiger charge is 2.21. The van der Waals surface area contributed by atoms with Gasteiger partial charge in [0.05, 0.1) is 0 Å². The first-order valence-electron chi connectivity index (χ1n) is 6.16. The minimum absolute atomic E-state index is 0.0734. The summed E-state index contributed by atoms with van der Waals surface area (Å²) >= 11 is 0. The number of hydrogen-bond acceptors (Lipinski definition) is 4. The molecule has 0 saturated heterocycles. The number of fused-ring (bicyclic) bond motifs is 1. The normalized spacial score (nSPS) is 18.1. The SMILES string of the molecule is Nc1nccc(OC2CCCc3ccccc32)n1. The monoisotopic (exact) mass is 241 g/mol. The summed E-state index contributed by atoms with van der Waals surface area (Å²) in [7, 11) is 0. The largest absolute Gasteiger partial charge is 0.469 e. The number of nitrogen functional groups attached to an aromatic ring is 1. The Morgan fingerprint density at radius 1 is 1.22 bits per heavy atom. The van der Waals surface area contributed by atoms with E-state index in [2.05, 4.69) is 34.2 Å². The molecule has 0 saturated carbocycles. The maximum atomic E-state index is 5.93. The molecule has 2 aromatic rings. The van der Waals surface area contributed by atoms with Crippen LogP contribution < -0.4 is 10.5 Å². The minimum atomic E-state index is 0.0734. The molecule has 0 fully saturated rings. The maximum absolute atomic E-state index is 5.93. The molecule has 4 heteroatoms. The van der Waals surface area contributed by atoms with Crippen LogP contribution in [0.4, 0.5) is 5.95 Å². The summed E-state index contributed by atoms with van der Waals surface area (Å²) in [5.41, 5.74) is 8.19. The Morgan fingerprint density at radius 3 is 3.00 bits per heavy atom. The second kappa shape index (κ2) is 4.64. The number of aromatic nitrogens is 2. The van der Waals surface area contributed by atoms with Crippen LogP contribution >= 0.6 is 0 Å². The molecule has 0 aliphatic heterocycles. The van der Waals surface area contributed by atoms with Crippen molar-refractivity contribution in [3.63, 3.8) is 0 Å². The van der Waals surface area contributed by atoms with Crippen molar-refractivity contribution < 1.29 is 4.74 Å². The van der Waals surface area contributed by atoms with Gasteiger partial charge in [-0.05, 0) is 30.4 Å². The van der Waals surface area contributed by atoms with Crippen LogP contribution in [-0.4, -0.2) is 9.97 Å². The van der Waals surface area contributed by atoms with E-state index in [-0.39, 0.29) is 12.1 Å². The number of nitrogens with zero attached hydrogens (tertiary/aromatic N) is 2. The Kier molecular flexibility index (Phi) is 2.84. The Bertz CT molecular complexity index is 556. The van der Waals surface area contributed by atoms with Crippen molar-refractivity contribution in [2.24, 2.45) is 0 Å². The van der Waals surface area contributed by atoms with Gasteiger partial charge in [-0.25, -0.2) is 4.98 Å². The lowest BCUT2D eigenvalue weighted by Gasteiger charge is -2.25. The molecule has 92 valence electrons. The van der Waals surface area contributed by atoms with E-state index in [0.717, 1.165) is 19.3 Å². The molecule has 0 amide bonds. The van der Waals surface area contributed by atoms with Crippen molar-refractivity contribution >= 4 is 5.95 Å². The van der Waals surface area contributed by atoms with Crippen LogP contribution in [0.25, 0.3) is 0 Å². The van der Waals surface area contributed by atoms with E-state index in [1.54, 1.807) is 12.3 Å². The molecule has 1 atom stereocenters. The number of benzene rings is 1. The number of ether oxygens (including phenoxy) is 1. The summed E-state index contributed by atoms with van der Waals surface area (Å²) in [6.07, 6.45) is 4.97. The summed E-state index contributed by atoms with van der Waals surface area (Å²) < 4.78 is 5.93. The summed E-state index contributed by atoms with van der Waals surface area (Å²) in [4.78, 5) is 7.95. The second-order valence-electron chi connectivity index (χ2n) is 4.45. The van der Waals surface area contributed by atoms with E-state index in [0.29, 0.717) is 5.88 Å². The third kappa shape index (κ3) is 2.14. The van der Waals surface area contributed by atoms with Crippen molar-refractivity contribution in [2.75, 3.05) is 5.73 Å². The zero-order valence-electron chi connectivity index (χ0n) is 10.0. The van der Waals surface area contributed by atoms with Crippen molar-refractivity contribution in [3.8, 4) is 5.88 Å². The van der Waals surface area contributed by atoms with E-state index in [1.807, 2.05) is 0 Å². The molecule has 1 heterocycles. The zero-order chi connectivity index (χ0) is 12.4. The molecule has 1 aliphatic carbocycles. The van der Waals surface area contributed by atoms with Gasteiger partial charge in [0.1, 0.15) is 6.10 Å². The molecule has 0 spiro atoms. The predicted molar refractivity (Wildman–Crippen MR) is 69.2 cm³/mol. The standard InChI is InChI=1S/C14H15N3O/c15-14-16-9-8-13(17-14)18-12-7-3-5-10-4-1-2-6-11(10)12/h1-2,4,6,8-9,12H,3,5,7H2,(H2,15,16,17). The van der Waals surface area contributed by atoms with Crippen LogP contribution in [0.2, 0.25) is 0 Å². The molecule has 1 unspecified atom stereocenters. The summed E-state index contributed by atoms with van der Waals surface area (Å²) in [5, 5.41) is 0. The highest BCUT2D eigenvalue weighted by molar-refractivity contribution is 5.32. The molecular weight excluding hydrogens is 226 g/mol. The third-order valence-corrected chi connectivity index (χ3v) is 3.23. The summed E-state index contributed by atoms with van der Waals surface area (Å²) in [5.74, 6) is 0.792. The molecule has 18 heavy (non-hydrogen) atoms. The van der Waals surface area contributed by atoms with Gasteiger partial charge in [-0.15, -0.1) is 0 Å². The fourth-order valence-corrected chi connectivity index (χ4v) is 2.40. The predicted octanol–water partition coefficient (Wildman–Crippen LogP) is 2.52. The molecular formula is C14H15N3O. The van der Waals surface area contributed by atoms with Crippen LogP contribution in [0.1, 0.15) is 30.1 Å². The van der Waals surface area contributed by atoms with Gasteiger partial charge in [-0.3, -0.25) is 0 Å². The van der Waals surface area contributed by atoms with Crippen LogP contribution in [0.15, 0.2) is 36.5 Å². The highest BCUT2D eigenvalue weighted by atomic mass is 16.5. The Hall–Kier alpha value is -2.10. The molecule has 1 aromatic heterocycles. The van der Waals surface area contributed by atoms with Gasteiger partial charge in [0.25, 0.3) is 0 Å². The Morgan fingerprint density at radius 2 is 2.11 bits per heavy atom. The third-order valence-electron chi connectivity index (χ3n) is 3.23. The van der Waals surface area contributed by atoms with Gasteiger partial charge < -0.3 is 10.5 Å². The number of anilines is 1. The summed E-state index contributed by atoms with van der Waals surface area (Å²) in [6, 6.07) is 10.2. The molecule has 1 aliphatic rings. The van der Waals surface area contributed by atoms with Gasteiger partial charge in [-0.1, -0.05) is 24.3 Å². The van der Waals surface area contributed by atoms with E-state index in [1.165, 1.54) is 11.1 Å². The highest BCUT2D eigenvalue weighted by Crippen LogP contribution is 2.32. The van der Waals surface area contributed by atoms with E-state index in [9.17, 15) is 0 Å². The number of rotatable bonds is 2. The van der Waals surface area contributed by atoms with Crippen molar-refractivity contribution in [2.45, 2.75) is 25.4 Å².